The zero-order chi connectivity index (χ0) is 19.9. The van der Waals surface area contributed by atoms with Crippen LogP contribution in [-0.4, -0.2) is 50.6 Å². The van der Waals surface area contributed by atoms with E-state index in [0.29, 0.717) is 25.5 Å². The number of nitrogens with zero attached hydrogens (tertiary/aromatic N) is 4. The summed E-state index contributed by atoms with van der Waals surface area (Å²) in [5, 5.41) is 13.5. The first-order chi connectivity index (χ1) is 13.6. The molecule has 1 aliphatic rings. The highest BCUT2D eigenvalue weighted by Gasteiger charge is 2.31. The van der Waals surface area contributed by atoms with E-state index in [-0.39, 0.29) is 30.6 Å². The molecule has 0 spiro atoms. The molecule has 1 aliphatic heterocycles. The van der Waals surface area contributed by atoms with Crippen LogP contribution in [0.4, 0.5) is 4.39 Å². The molecule has 0 radical (unpaired) electrons. The summed E-state index contributed by atoms with van der Waals surface area (Å²) in [5.41, 5.74) is 0.897. The van der Waals surface area contributed by atoms with Gasteiger partial charge < -0.3 is 15.2 Å². The maximum atomic E-state index is 13.1. The Morgan fingerprint density at radius 1 is 1.36 bits per heavy atom. The second kappa shape index (κ2) is 9.41. The Balaban J connectivity index is 1.58. The Kier molecular flexibility index (Phi) is 6.70. The highest BCUT2D eigenvalue weighted by atomic mass is 19.1. The summed E-state index contributed by atoms with van der Waals surface area (Å²) in [6.45, 7) is 4.75. The average molecular weight is 388 g/mol. The van der Waals surface area contributed by atoms with Crippen molar-refractivity contribution >= 4 is 11.8 Å². The topological polar surface area (TPSA) is 92.1 Å². The van der Waals surface area contributed by atoms with Gasteiger partial charge in [0.15, 0.2) is 5.82 Å². The lowest BCUT2D eigenvalue weighted by Crippen LogP contribution is -2.56. The fraction of sp³-hybridized carbons (Fsp3) is 0.474. The molecule has 28 heavy (non-hydrogen) atoms. The molecule has 2 heterocycles. The minimum absolute atomic E-state index is 0.0505. The fourth-order valence-corrected chi connectivity index (χ4v) is 3.27. The first-order valence-electron chi connectivity index (χ1n) is 9.46. The molecule has 9 heteroatoms. The van der Waals surface area contributed by atoms with E-state index in [4.69, 9.17) is 0 Å². The van der Waals surface area contributed by atoms with Crippen molar-refractivity contribution in [2.75, 3.05) is 13.1 Å². The SMILES string of the molecule is CCCn1cnnc1CNC(=O)CC1C(=O)NCCN1Cc1ccc(F)cc1. The van der Waals surface area contributed by atoms with E-state index < -0.39 is 6.04 Å². The predicted octanol–water partition coefficient (Wildman–Crippen LogP) is 0.834. The minimum Gasteiger partial charge on any atom is -0.353 e. The van der Waals surface area contributed by atoms with Crippen molar-refractivity contribution in [1.29, 1.82) is 0 Å². The van der Waals surface area contributed by atoms with Crippen molar-refractivity contribution in [3.05, 3.63) is 47.8 Å². The average Bonchev–Trinajstić information content (AvgIpc) is 3.12. The van der Waals surface area contributed by atoms with Crippen LogP contribution in [0.1, 0.15) is 31.2 Å². The molecular weight excluding hydrogens is 363 g/mol. The number of carbonyl (C=O) groups is 2. The van der Waals surface area contributed by atoms with E-state index in [1.54, 1.807) is 18.5 Å². The Labute approximate surface area is 163 Å². The molecule has 2 N–H and O–H groups in total. The van der Waals surface area contributed by atoms with Crippen LogP contribution >= 0.6 is 0 Å². The molecule has 0 bridgehead atoms. The number of carbonyl (C=O) groups excluding carboxylic acids is 2. The second-order valence-corrected chi connectivity index (χ2v) is 6.83. The number of rotatable bonds is 8. The number of benzene rings is 1. The van der Waals surface area contributed by atoms with Crippen molar-refractivity contribution in [3.63, 3.8) is 0 Å². The Morgan fingerprint density at radius 3 is 2.89 bits per heavy atom. The van der Waals surface area contributed by atoms with Crippen molar-refractivity contribution in [2.24, 2.45) is 0 Å². The summed E-state index contributed by atoms with van der Waals surface area (Å²) in [6, 6.07) is 5.62. The third kappa shape index (κ3) is 5.13. The van der Waals surface area contributed by atoms with Crippen LogP contribution < -0.4 is 10.6 Å². The Bertz CT molecular complexity index is 807. The molecule has 1 aromatic heterocycles. The summed E-state index contributed by atoms with van der Waals surface area (Å²) in [6.07, 6.45) is 2.64. The maximum absolute atomic E-state index is 13.1. The Hall–Kier alpha value is -2.81. The highest BCUT2D eigenvalue weighted by molar-refractivity contribution is 5.88. The molecule has 1 atom stereocenters. The summed E-state index contributed by atoms with van der Waals surface area (Å²) in [4.78, 5) is 26.7. The van der Waals surface area contributed by atoms with Gasteiger partial charge in [0.25, 0.3) is 0 Å². The van der Waals surface area contributed by atoms with E-state index in [0.717, 1.165) is 18.5 Å². The predicted molar refractivity (Wildman–Crippen MR) is 100 cm³/mol. The smallest absolute Gasteiger partial charge is 0.237 e. The van der Waals surface area contributed by atoms with Gasteiger partial charge in [0.05, 0.1) is 19.0 Å². The lowest BCUT2D eigenvalue weighted by Gasteiger charge is -2.34. The number of amides is 2. The lowest BCUT2D eigenvalue weighted by molar-refractivity contribution is -0.134. The van der Waals surface area contributed by atoms with Gasteiger partial charge in [0, 0.05) is 26.2 Å². The highest BCUT2D eigenvalue weighted by Crippen LogP contribution is 2.14. The molecule has 0 saturated carbocycles. The normalized spacial score (nSPS) is 17.4. The molecule has 1 unspecified atom stereocenters. The van der Waals surface area contributed by atoms with E-state index >= 15 is 0 Å². The van der Waals surface area contributed by atoms with Gasteiger partial charge in [0.2, 0.25) is 11.8 Å². The molecule has 1 fully saturated rings. The fourth-order valence-electron chi connectivity index (χ4n) is 3.27. The monoisotopic (exact) mass is 388 g/mol. The Morgan fingerprint density at radius 2 is 2.14 bits per heavy atom. The van der Waals surface area contributed by atoms with Crippen molar-refractivity contribution in [3.8, 4) is 0 Å². The van der Waals surface area contributed by atoms with Gasteiger partial charge in [0.1, 0.15) is 12.1 Å². The van der Waals surface area contributed by atoms with Crippen LogP contribution in [0.2, 0.25) is 0 Å². The third-order valence-corrected chi connectivity index (χ3v) is 4.72. The largest absolute Gasteiger partial charge is 0.353 e. The van der Waals surface area contributed by atoms with Crippen molar-refractivity contribution in [1.82, 2.24) is 30.3 Å². The van der Waals surface area contributed by atoms with Gasteiger partial charge >= 0.3 is 0 Å². The zero-order valence-corrected chi connectivity index (χ0v) is 15.9. The van der Waals surface area contributed by atoms with Gasteiger partial charge in [-0.05, 0) is 24.1 Å². The third-order valence-electron chi connectivity index (χ3n) is 4.72. The maximum Gasteiger partial charge on any atom is 0.237 e. The van der Waals surface area contributed by atoms with Crippen LogP contribution in [0.25, 0.3) is 0 Å². The number of aromatic nitrogens is 3. The van der Waals surface area contributed by atoms with Crippen molar-refractivity contribution < 1.29 is 14.0 Å². The number of aryl methyl sites for hydroxylation is 1. The minimum atomic E-state index is -0.563. The number of piperazine rings is 1. The van der Waals surface area contributed by atoms with E-state index in [1.165, 1.54) is 12.1 Å². The molecule has 0 aliphatic carbocycles. The van der Waals surface area contributed by atoms with Crippen LogP contribution in [0, 0.1) is 5.82 Å². The number of hydrogen-bond donors (Lipinski definition) is 2. The van der Waals surface area contributed by atoms with Crippen LogP contribution in [0.3, 0.4) is 0 Å². The molecule has 150 valence electrons. The lowest BCUT2D eigenvalue weighted by atomic mass is 10.1. The molecule has 8 nitrogen and oxygen atoms in total. The van der Waals surface area contributed by atoms with Crippen LogP contribution in [0.5, 0.6) is 0 Å². The molecule has 2 amide bonds. The van der Waals surface area contributed by atoms with E-state index in [1.807, 2.05) is 9.47 Å². The molecular formula is C19H25FN6O2. The molecule has 1 saturated heterocycles. The summed E-state index contributed by atoms with van der Waals surface area (Å²) in [5.74, 6) is -0.00619. The van der Waals surface area contributed by atoms with Gasteiger partial charge in [-0.2, -0.15) is 0 Å². The first kappa shape index (κ1) is 19.9. The number of halogens is 1. The van der Waals surface area contributed by atoms with Gasteiger partial charge in [-0.3, -0.25) is 14.5 Å². The van der Waals surface area contributed by atoms with Crippen LogP contribution in [0.15, 0.2) is 30.6 Å². The zero-order valence-electron chi connectivity index (χ0n) is 15.9. The first-order valence-corrected chi connectivity index (χ1v) is 9.46. The van der Waals surface area contributed by atoms with E-state index in [9.17, 15) is 14.0 Å². The summed E-state index contributed by atoms with van der Waals surface area (Å²) in [7, 11) is 0. The van der Waals surface area contributed by atoms with E-state index in [2.05, 4.69) is 27.8 Å². The molecule has 3 rings (SSSR count). The van der Waals surface area contributed by atoms with Gasteiger partial charge in [-0.25, -0.2) is 4.39 Å². The van der Waals surface area contributed by atoms with Gasteiger partial charge in [-0.15, -0.1) is 10.2 Å². The molecule has 2 aromatic rings. The number of hydrogen-bond acceptors (Lipinski definition) is 5. The number of nitrogens with one attached hydrogen (secondary N) is 2. The van der Waals surface area contributed by atoms with Crippen molar-refractivity contribution in [2.45, 2.75) is 45.4 Å². The molecule has 1 aromatic carbocycles. The second-order valence-electron chi connectivity index (χ2n) is 6.83. The quantitative estimate of drug-likeness (QED) is 0.699. The summed E-state index contributed by atoms with van der Waals surface area (Å²) >= 11 is 0. The standard InChI is InChI=1S/C19H25FN6O2/c1-2-8-26-13-23-24-17(26)11-22-18(27)10-16-19(28)21-7-9-25(16)12-14-3-5-15(20)6-4-14/h3-6,13,16H,2,7-12H2,1H3,(H,21,28)(H,22,27). The van der Waals surface area contributed by atoms with Gasteiger partial charge in [-0.1, -0.05) is 19.1 Å². The van der Waals surface area contributed by atoms with Crippen LogP contribution in [-0.2, 0) is 29.2 Å². The summed E-state index contributed by atoms with van der Waals surface area (Å²) < 4.78 is 15.0.